The summed E-state index contributed by atoms with van der Waals surface area (Å²) < 4.78 is 0. The molecule has 0 unspecified atom stereocenters. The van der Waals surface area contributed by atoms with Crippen molar-refractivity contribution in [2.45, 2.75) is 26.3 Å². The maximum absolute atomic E-state index is 5.76. The highest BCUT2D eigenvalue weighted by molar-refractivity contribution is 6.17. The standard InChI is InChI=1S/C12H18ClN/c1-10(2)8-14-9-12-5-3-4-11(6-12)7-13/h3-6,10,14H,7-9H2,1-2H3. The third kappa shape index (κ3) is 4.12. The molecule has 1 aromatic rings. The number of halogens is 1. The molecule has 0 spiro atoms. The van der Waals surface area contributed by atoms with E-state index >= 15 is 0 Å². The zero-order chi connectivity index (χ0) is 10.4. The molecule has 0 atom stereocenters. The summed E-state index contributed by atoms with van der Waals surface area (Å²) in [4.78, 5) is 0. The van der Waals surface area contributed by atoms with Crippen LogP contribution in [0.15, 0.2) is 24.3 Å². The zero-order valence-corrected chi connectivity index (χ0v) is 9.64. The quantitative estimate of drug-likeness (QED) is 0.738. The van der Waals surface area contributed by atoms with Crippen molar-refractivity contribution in [2.24, 2.45) is 5.92 Å². The molecule has 78 valence electrons. The van der Waals surface area contributed by atoms with Crippen molar-refractivity contribution < 1.29 is 0 Å². The van der Waals surface area contributed by atoms with Crippen LogP contribution in [0.2, 0.25) is 0 Å². The highest BCUT2D eigenvalue weighted by Crippen LogP contribution is 2.07. The zero-order valence-electron chi connectivity index (χ0n) is 8.89. The summed E-state index contributed by atoms with van der Waals surface area (Å²) in [7, 11) is 0. The van der Waals surface area contributed by atoms with E-state index < -0.39 is 0 Å². The van der Waals surface area contributed by atoms with Gasteiger partial charge in [0.25, 0.3) is 0 Å². The number of hydrogen-bond acceptors (Lipinski definition) is 1. The summed E-state index contributed by atoms with van der Waals surface area (Å²) in [5, 5.41) is 3.41. The van der Waals surface area contributed by atoms with Crippen LogP contribution in [0.4, 0.5) is 0 Å². The van der Waals surface area contributed by atoms with Crippen molar-refractivity contribution in [1.29, 1.82) is 0 Å². The molecule has 0 bridgehead atoms. The molecular weight excluding hydrogens is 194 g/mol. The van der Waals surface area contributed by atoms with Gasteiger partial charge in [0.2, 0.25) is 0 Å². The van der Waals surface area contributed by atoms with Crippen LogP contribution in [0.5, 0.6) is 0 Å². The number of nitrogens with one attached hydrogen (secondary N) is 1. The normalized spacial score (nSPS) is 10.9. The Kier molecular flexibility index (Phi) is 4.99. The van der Waals surface area contributed by atoms with Gasteiger partial charge in [-0.1, -0.05) is 38.1 Å². The second-order valence-corrected chi connectivity index (χ2v) is 4.25. The SMILES string of the molecule is CC(C)CNCc1cccc(CCl)c1. The fourth-order valence-electron chi connectivity index (χ4n) is 1.33. The van der Waals surface area contributed by atoms with Crippen molar-refractivity contribution in [3.8, 4) is 0 Å². The minimum atomic E-state index is 0.595. The van der Waals surface area contributed by atoms with E-state index in [1.807, 2.05) is 0 Å². The van der Waals surface area contributed by atoms with E-state index in [0.717, 1.165) is 13.1 Å². The van der Waals surface area contributed by atoms with Crippen LogP contribution in [-0.4, -0.2) is 6.54 Å². The molecule has 0 fully saturated rings. The van der Waals surface area contributed by atoms with Crippen molar-refractivity contribution in [3.05, 3.63) is 35.4 Å². The van der Waals surface area contributed by atoms with Crippen molar-refractivity contribution in [1.82, 2.24) is 5.32 Å². The second-order valence-electron chi connectivity index (χ2n) is 3.98. The first-order chi connectivity index (χ1) is 6.72. The van der Waals surface area contributed by atoms with E-state index in [0.29, 0.717) is 11.8 Å². The third-order valence-electron chi connectivity index (χ3n) is 2.03. The summed E-state index contributed by atoms with van der Waals surface area (Å²) in [5.74, 6) is 1.30. The van der Waals surface area contributed by atoms with Crippen molar-refractivity contribution in [2.75, 3.05) is 6.54 Å². The van der Waals surface area contributed by atoms with Gasteiger partial charge in [0.1, 0.15) is 0 Å². The van der Waals surface area contributed by atoms with E-state index in [9.17, 15) is 0 Å². The molecule has 0 aliphatic heterocycles. The van der Waals surface area contributed by atoms with E-state index in [1.165, 1.54) is 11.1 Å². The molecule has 0 radical (unpaired) electrons. The Bertz CT molecular complexity index is 271. The smallest absolute Gasteiger partial charge is 0.0474 e. The molecule has 0 aliphatic rings. The Balaban J connectivity index is 2.42. The Morgan fingerprint density at radius 2 is 2.00 bits per heavy atom. The molecule has 1 aromatic carbocycles. The Labute approximate surface area is 91.5 Å². The molecule has 0 saturated carbocycles. The highest BCUT2D eigenvalue weighted by Gasteiger charge is 1.96. The van der Waals surface area contributed by atoms with Crippen LogP contribution in [0, 0.1) is 5.92 Å². The average Bonchev–Trinajstić information content (AvgIpc) is 2.18. The van der Waals surface area contributed by atoms with Crippen LogP contribution in [0.3, 0.4) is 0 Å². The summed E-state index contributed by atoms with van der Waals surface area (Å²) in [5.41, 5.74) is 2.50. The fourth-order valence-corrected chi connectivity index (χ4v) is 1.49. The van der Waals surface area contributed by atoms with Crippen LogP contribution in [0.25, 0.3) is 0 Å². The van der Waals surface area contributed by atoms with Crippen molar-refractivity contribution in [3.63, 3.8) is 0 Å². The molecule has 1 nitrogen and oxygen atoms in total. The van der Waals surface area contributed by atoms with Crippen LogP contribution < -0.4 is 5.32 Å². The summed E-state index contributed by atoms with van der Waals surface area (Å²) in [6.45, 7) is 6.42. The van der Waals surface area contributed by atoms with E-state index in [1.54, 1.807) is 0 Å². The van der Waals surface area contributed by atoms with Gasteiger partial charge in [-0.25, -0.2) is 0 Å². The maximum atomic E-state index is 5.76. The van der Waals surface area contributed by atoms with Gasteiger partial charge in [-0.2, -0.15) is 0 Å². The lowest BCUT2D eigenvalue weighted by Crippen LogP contribution is -2.18. The lowest BCUT2D eigenvalue weighted by atomic mass is 10.1. The van der Waals surface area contributed by atoms with Gasteiger partial charge in [0.05, 0.1) is 0 Å². The topological polar surface area (TPSA) is 12.0 Å². The van der Waals surface area contributed by atoms with Gasteiger partial charge in [-0.05, 0) is 23.6 Å². The van der Waals surface area contributed by atoms with Crippen LogP contribution in [0.1, 0.15) is 25.0 Å². The molecule has 14 heavy (non-hydrogen) atoms. The number of alkyl halides is 1. The third-order valence-corrected chi connectivity index (χ3v) is 2.34. The molecule has 0 saturated heterocycles. The minimum absolute atomic E-state index is 0.595. The monoisotopic (exact) mass is 211 g/mol. The van der Waals surface area contributed by atoms with E-state index in [-0.39, 0.29) is 0 Å². The van der Waals surface area contributed by atoms with Gasteiger partial charge in [-0.15, -0.1) is 11.6 Å². The predicted octanol–water partition coefficient (Wildman–Crippen LogP) is 3.17. The Morgan fingerprint density at radius 3 is 2.64 bits per heavy atom. The molecule has 0 aliphatic carbocycles. The van der Waals surface area contributed by atoms with Crippen LogP contribution in [-0.2, 0) is 12.4 Å². The maximum Gasteiger partial charge on any atom is 0.0474 e. The summed E-state index contributed by atoms with van der Waals surface area (Å²) in [6, 6.07) is 8.40. The molecule has 0 aromatic heterocycles. The minimum Gasteiger partial charge on any atom is -0.312 e. The largest absolute Gasteiger partial charge is 0.312 e. The first-order valence-corrected chi connectivity index (χ1v) is 5.60. The lowest BCUT2D eigenvalue weighted by molar-refractivity contribution is 0.552. The highest BCUT2D eigenvalue weighted by atomic mass is 35.5. The average molecular weight is 212 g/mol. The molecule has 2 heteroatoms. The fraction of sp³-hybridized carbons (Fsp3) is 0.500. The predicted molar refractivity (Wildman–Crippen MR) is 62.5 cm³/mol. The Morgan fingerprint density at radius 1 is 1.29 bits per heavy atom. The Hall–Kier alpha value is -0.530. The number of benzene rings is 1. The lowest BCUT2D eigenvalue weighted by Gasteiger charge is -2.07. The number of rotatable bonds is 5. The van der Waals surface area contributed by atoms with Gasteiger partial charge in [0.15, 0.2) is 0 Å². The second kappa shape index (κ2) is 6.05. The molecule has 1 rings (SSSR count). The first kappa shape index (κ1) is 11.5. The van der Waals surface area contributed by atoms with Crippen molar-refractivity contribution >= 4 is 11.6 Å². The molecule has 1 N–H and O–H groups in total. The van der Waals surface area contributed by atoms with Gasteiger partial charge < -0.3 is 5.32 Å². The molecule has 0 amide bonds. The van der Waals surface area contributed by atoms with Gasteiger partial charge in [0, 0.05) is 12.4 Å². The molecule has 0 heterocycles. The number of hydrogen-bond donors (Lipinski definition) is 1. The van der Waals surface area contributed by atoms with Crippen LogP contribution >= 0.6 is 11.6 Å². The van der Waals surface area contributed by atoms with Gasteiger partial charge in [-0.3, -0.25) is 0 Å². The van der Waals surface area contributed by atoms with Gasteiger partial charge >= 0.3 is 0 Å². The molecular formula is C12H18ClN. The first-order valence-electron chi connectivity index (χ1n) is 5.07. The summed E-state index contributed by atoms with van der Waals surface area (Å²) >= 11 is 5.76. The summed E-state index contributed by atoms with van der Waals surface area (Å²) in [6.07, 6.45) is 0. The van der Waals surface area contributed by atoms with E-state index in [4.69, 9.17) is 11.6 Å². The van der Waals surface area contributed by atoms with E-state index in [2.05, 4.69) is 43.4 Å².